The van der Waals surface area contributed by atoms with Gasteiger partial charge in [0.25, 0.3) is 5.24 Å². The Labute approximate surface area is 212 Å². The number of carbonyl (C=O) groups is 1. The van der Waals surface area contributed by atoms with Gasteiger partial charge in [0.1, 0.15) is 11.6 Å². The van der Waals surface area contributed by atoms with Gasteiger partial charge in [-0.3, -0.25) is 4.79 Å². The van der Waals surface area contributed by atoms with Crippen molar-refractivity contribution in [2.45, 2.75) is 44.9 Å². The molecule has 0 saturated carbocycles. The van der Waals surface area contributed by atoms with E-state index in [4.69, 9.17) is 0 Å². The molecule has 0 aliphatic carbocycles. The molecule has 1 heterocycles. The van der Waals surface area contributed by atoms with Gasteiger partial charge in [-0.15, -0.1) is 0 Å². The molecule has 0 unspecified atom stereocenters. The first-order valence-electron chi connectivity index (χ1n) is 11.9. The fourth-order valence-electron chi connectivity index (χ4n) is 4.55. The van der Waals surface area contributed by atoms with Crippen molar-refractivity contribution >= 4 is 17.0 Å². The van der Waals surface area contributed by atoms with Gasteiger partial charge in [-0.25, -0.2) is 8.78 Å². The van der Waals surface area contributed by atoms with E-state index in [-0.39, 0.29) is 28.2 Å². The van der Waals surface area contributed by atoms with Crippen LogP contribution in [0.2, 0.25) is 0 Å². The highest BCUT2D eigenvalue weighted by Crippen LogP contribution is 2.44. The van der Waals surface area contributed by atoms with Crippen LogP contribution in [0.25, 0.3) is 0 Å². The van der Waals surface area contributed by atoms with Crippen molar-refractivity contribution in [3.8, 4) is 0 Å². The van der Waals surface area contributed by atoms with Crippen molar-refractivity contribution in [2.24, 2.45) is 0 Å². The Kier molecular flexibility index (Phi) is 8.95. The molecule has 3 nitrogen and oxygen atoms in total. The number of rotatable bonds is 7. The Balaban J connectivity index is 1.88. The number of amides is 1. The second kappa shape index (κ2) is 11.7. The number of thioether (sulfide) groups is 1. The molecule has 1 N–H and O–H groups in total. The van der Waals surface area contributed by atoms with Gasteiger partial charge < -0.3 is 10.2 Å². The molecular weight excluding hydrogens is 462 g/mol. The van der Waals surface area contributed by atoms with Crippen LogP contribution in [-0.4, -0.2) is 29.5 Å². The third-order valence-electron chi connectivity index (χ3n) is 6.96. The second-order valence-electron chi connectivity index (χ2n) is 9.18. The van der Waals surface area contributed by atoms with Crippen LogP contribution < -0.4 is 5.32 Å². The average molecular weight is 497 g/mol. The van der Waals surface area contributed by atoms with Crippen molar-refractivity contribution in [1.29, 1.82) is 0 Å². The van der Waals surface area contributed by atoms with Gasteiger partial charge in [0.15, 0.2) is 0 Å². The summed E-state index contributed by atoms with van der Waals surface area (Å²) in [6.45, 7) is 12.2. The first-order valence-corrected chi connectivity index (χ1v) is 13.1. The van der Waals surface area contributed by atoms with E-state index in [2.05, 4.69) is 30.6 Å². The molecule has 1 aliphatic heterocycles. The molecular formula is C29H34F2N2OS. The molecule has 1 amide bonds. The number of benzene rings is 2. The van der Waals surface area contributed by atoms with Crippen molar-refractivity contribution < 1.29 is 13.6 Å². The summed E-state index contributed by atoms with van der Waals surface area (Å²) in [5.41, 5.74) is 4.33. The maximum Gasteiger partial charge on any atom is 0.283 e. The van der Waals surface area contributed by atoms with E-state index >= 15 is 0 Å². The molecule has 1 saturated heterocycles. The zero-order chi connectivity index (χ0) is 25.6. The summed E-state index contributed by atoms with van der Waals surface area (Å²) < 4.78 is 27.0. The number of carbonyl (C=O) groups excluding carboxylic acids is 1. The highest BCUT2D eigenvalue weighted by molar-refractivity contribution is 8.13. The molecule has 186 valence electrons. The fourth-order valence-corrected chi connectivity index (χ4v) is 4.77. The number of piperidine rings is 1. The minimum atomic E-state index is -0.387. The second-order valence-corrected chi connectivity index (χ2v) is 9.96. The van der Waals surface area contributed by atoms with Crippen LogP contribution in [-0.2, 0) is 5.41 Å². The first-order chi connectivity index (χ1) is 16.7. The maximum absolute atomic E-state index is 13.7. The monoisotopic (exact) mass is 496 g/mol. The molecule has 0 bridgehead atoms. The van der Waals surface area contributed by atoms with E-state index in [1.54, 1.807) is 6.26 Å². The van der Waals surface area contributed by atoms with Crippen LogP contribution in [0.15, 0.2) is 84.2 Å². The Morgan fingerprint density at radius 1 is 1.17 bits per heavy atom. The maximum atomic E-state index is 13.7. The minimum absolute atomic E-state index is 0.134. The highest BCUT2D eigenvalue weighted by atomic mass is 32.2. The summed E-state index contributed by atoms with van der Waals surface area (Å²) in [6.07, 6.45) is 7.32. The number of hydrogen-bond acceptors (Lipinski definition) is 3. The normalized spacial score (nSPS) is 20.7. The molecule has 2 aromatic carbocycles. The molecule has 3 rings (SSSR count). The van der Waals surface area contributed by atoms with Gasteiger partial charge in [-0.1, -0.05) is 62.5 Å². The van der Waals surface area contributed by atoms with Crippen LogP contribution in [0.3, 0.4) is 0 Å². The lowest BCUT2D eigenvalue weighted by atomic mass is 9.69. The summed E-state index contributed by atoms with van der Waals surface area (Å²) in [5, 5.41) is 2.80. The van der Waals surface area contributed by atoms with E-state index in [0.717, 1.165) is 60.1 Å². The molecule has 6 heteroatoms. The predicted octanol–water partition coefficient (Wildman–Crippen LogP) is 7.54. The van der Waals surface area contributed by atoms with Crippen LogP contribution in [0.1, 0.15) is 50.7 Å². The van der Waals surface area contributed by atoms with Crippen molar-refractivity contribution in [2.75, 3.05) is 19.3 Å². The van der Waals surface area contributed by atoms with Crippen molar-refractivity contribution in [3.05, 3.63) is 107 Å². The molecule has 0 spiro atoms. The summed E-state index contributed by atoms with van der Waals surface area (Å²) in [5.74, 6) is -0.225. The van der Waals surface area contributed by atoms with Gasteiger partial charge in [0.2, 0.25) is 0 Å². The van der Waals surface area contributed by atoms with Gasteiger partial charge >= 0.3 is 0 Å². The Morgan fingerprint density at radius 2 is 1.77 bits per heavy atom. The number of hydrogen-bond donors (Lipinski definition) is 1. The van der Waals surface area contributed by atoms with Crippen LogP contribution >= 0.6 is 11.8 Å². The fraction of sp³-hybridized carbons (Fsp3) is 0.345. The van der Waals surface area contributed by atoms with Gasteiger partial charge in [-0.05, 0) is 79.0 Å². The number of nitrogens with zero attached hydrogens (tertiary/aromatic N) is 1. The van der Waals surface area contributed by atoms with Crippen molar-refractivity contribution in [3.63, 3.8) is 0 Å². The molecule has 0 aromatic heterocycles. The highest BCUT2D eigenvalue weighted by Gasteiger charge is 2.38. The number of allylic oxidation sites excluding steroid dienone is 3. The zero-order valence-corrected chi connectivity index (χ0v) is 21.7. The number of likely N-dealkylation sites (tertiary alicyclic amines) is 1. The number of nitrogens with one attached hydrogen (secondary N) is 1. The van der Waals surface area contributed by atoms with Gasteiger partial charge in [0.05, 0.1) is 0 Å². The minimum Gasteiger partial charge on any atom is -0.372 e. The average Bonchev–Trinajstić information content (AvgIpc) is 2.85. The smallest absolute Gasteiger partial charge is 0.283 e. The molecule has 2 atom stereocenters. The van der Waals surface area contributed by atoms with E-state index in [1.807, 2.05) is 43.3 Å². The molecule has 1 fully saturated rings. The third-order valence-corrected chi connectivity index (χ3v) is 7.44. The largest absolute Gasteiger partial charge is 0.372 e. The molecule has 1 aliphatic rings. The van der Waals surface area contributed by atoms with E-state index in [1.165, 1.54) is 24.3 Å². The Hall–Kier alpha value is -2.86. The van der Waals surface area contributed by atoms with Crippen LogP contribution in [0, 0.1) is 11.6 Å². The van der Waals surface area contributed by atoms with Gasteiger partial charge in [-0.2, -0.15) is 0 Å². The van der Waals surface area contributed by atoms with Crippen LogP contribution in [0.5, 0.6) is 0 Å². The lowest BCUT2D eigenvalue weighted by Gasteiger charge is -2.45. The SMILES string of the molecule is C=C1/C(=C\C(=C/C)NC(=O)SC)[C@](C)(c2ccc(F)cc2)CCN1CC[C@@H](C)c1ccc(F)cc1. The quantitative estimate of drug-likeness (QED) is 0.430. The Bertz CT molecular complexity index is 1110. The Morgan fingerprint density at radius 3 is 2.34 bits per heavy atom. The van der Waals surface area contributed by atoms with Gasteiger partial charge in [0, 0.05) is 29.9 Å². The summed E-state index contributed by atoms with van der Waals surface area (Å²) in [7, 11) is 0. The summed E-state index contributed by atoms with van der Waals surface area (Å²) >= 11 is 1.12. The predicted molar refractivity (Wildman–Crippen MR) is 142 cm³/mol. The van der Waals surface area contributed by atoms with Crippen LogP contribution in [0.4, 0.5) is 13.6 Å². The lowest BCUT2D eigenvalue weighted by Crippen LogP contribution is -2.42. The number of halogens is 2. The zero-order valence-electron chi connectivity index (χ0n) is 20.9. The molecule has 0 radical (unpaired) electrons. The lowest BCUT2D eigenvalue weighted by molar-refractivity contribution is 0.261. The standard InChI is InChI=1S/C29H34F2N2OS/c1-6-26(32-28(34)35-5)19-27-21(3)33(17-15-20(2)22-7-11-24(30)12-8-22)18-16-29(27,4)23-9-13-25(31)14-10-23/h6-14,19-20H,3,15-18H2,1-2,4-5H3,(H,32,34)/b26-6+,27-19+/t20-,29+/m1/s1. The van der Waals surface area contributed by atoms with E-state index < -0.39 is 0 Å². The third kappa shape index (κ3) is 6.43. The first kappa shape index (κ1) is 26.7. The summed E-state index contributed by atoms with van der Waals surface area (Å²) in [6, 6.07) is 13.3. The summed E-state index contributed by atoms with van der Waals surface area (Å²) in [4.78, 5) is 14.3. The molecule has 35 heavy (non-hydrogen) atoms. The molecule has 2 aromatic rings. The van der Waals surface area contributed by atoms with E-state index in [9.17, 15) is 13.6 Å². The van der Waals surface area contributed by atoms with Crippen molar-refractivity contribution in [1.82, 2.24) is 10.2 Å². The van der Waals surface area contributed by atoms with E-state index in [0.29, 0.717) is 5.70 Å². The topological polar surface area (TPSA) is 32.3 Å².